The molecule has 1 aromatic rings. The Labute approximate surface area is 151 Å². The summed E-state index contributed by atoms with van der Waals surface area (Å²) < 4.78 is 10.9. The molecule has 25 heavy (non-hydrogen) atoms. The van der Waals surface area contributed by atoms with Gasteiger partial charge in [0.2, 0.25) is 0 Å². The number of carbonyl (C=O) groups excluding carboxylic acids is 2. The third-order valence-corrected chi connectivity index (χ3v) is 5.16. The summed E-state index contributed by atoms with van der Waals surface area (Å²) in [5, 5.41) is 0. The molecule has 0 aromatic heterocycles. The molecule has 4 nitrogen and oxygen atoms in total. The Hall–Kier alpha value is -1.84. The van der Waals surface area contributed by atoms with Crippen molar-refractivity contribution in [2.45, 2.75) is 72.8 Å². The molecule has 0 amide bonds. The second kappa shape index (κ2) is 9.02. The van der Waals surface area contributed by atoms with E-state index in [0.29, 0.717) is 17.7 Å². The van der Waals surface area contributed by atoms with Crippen molar-refractivity contribution in [3.8, 4) is 0 Å². The third-order valence-electron chi connectivity index (χ3n) is 5.16. The molecule has 4 heteroatoms. The van der Waals surface area contributed by atoms with Crippen LogP contribution in [0.15, 0.2) is 24.3 Å². The van der Waals surface area contributed by atoms with Crippen LogP contribution in [0.25, 0.3) is 0 Å². The highest BCUT2D eigenvalue weighted by Gasteiger charge is 2.25. The molecule has 0 bridgehead atoms. The smallest absolute Gasteiger partial charge is 0.338 e. The fraction of sp³-hybridized carbons (Fsp3) is 0.619. The van der Waals surface area contributed by atoms with E-state index in [0.717, 1.165) is 25.7 Å². The first-order chi connectivity index (χ1) is 11.7. The van der Waals surface area contributed by atoms with Crippen LogP contribution in [0.3, 0.4) is 0 Å². The summed E-state index contributed by atoms with van der Waals surface area (Å²) in [6.45, 7) is 12.7. The molecule has 0 aliphatic carbocycles. The molecule has 0 spiro atoms. The highest BCUT2D eigenvalue weighted by Crippen LogP contribution is 2.24. The minimum absolute atomic E-state index is 0.166. The van der Waals surface area contributed by atoms with Gasteiger partial charge in [0, 0.05) is 0 Å². The van der Waals surface area contributed by atoms with Crippen molar-refractivity contribution in [3.63, 3.8) is 0 Å². The molecule has 0 saturated heterocycles. The Bertz CT molecular complexity index is 568. The van der Waals surface area contributed by atoms with Crippen molar-refractivity contribution >= 4 is 11.9 Å². The maximum Gasteiger partial charge on any atom is 0.338 e. The molecule has 0 fully saturated rings. The van der Waals surface area contributed by atoms with Gasteiger partial charge in [-0.1, -0.05) is 41.0 Å². The molecule has 0 atom stereocenters. The third kappa shape index (κ3) is 6.52. The summed E-state index contributed by atoms with van der Waals surface area (Å²) >= 11 is 0. The Kier molecular flexibility index (Phi) is 7.65. The number of carbonyl (C=O) groups is 2. The van der Waals surface area contributed by atoms with Crippen molar-refractivity contribution in [2.24, 2.45) is 5.41 Å². The molecule has 0 N–H and O–H groups in total. The van der Waals surface area contributed by atoms with Crippen LogP contribution in [0, 0.1) is 5.41 Å². The highest BCUT2D eigenvalue weighted by atomic mass is 16.6. The Balaban J connectivity index is 2.63. The molecule has 0 aliphatic rings. The average molecular weight is 348 g/mol. The van der Waals surface area contributed by atoms with E-state index in [4.69, 9.17) is 9.47 Å². The lowest BCUT2D eigenvalue weighted by atomic mass is 9.87. The van der Waals surface area contributed by atoms with E-state index in [1.165, 1.54) is 0 Å². The van der Waals surface area contributed by atoms with Crippen LogP contribution in [0.4, 0.5) is 0 Å². The predicted molar refractivity (Wildman–Crippen MR) is 99.8 cm³/mol. The summed E-state index contributed by atoms with van der Waals surface area (Å²) in [6, 6.07) is 6.44. The SMILES string of the molecule is CCC(C)(C)CCOC(=O)c1ccc(C(=O)OC(C)(CC)CC)cc1. The highest BCUT2D eigenvalue weighted by molar-refractivity contribution is 5.93. The van der Waals surface area contributed by atoms with E-state index in [-0.39, 0.29) is 17.4 Å². The van der Waals surface area contributed by atoms with E-state index >= 15 is 0 Å². The van der Waals surface area contributed by atoms with Gasteiger partial charge in [-0.05, 0) is 55.9 Å². The molecule has 140 valence electrons. The number of benzene rings is 1. The molecule has 0 saturated carbocycles. The molecule has 0 heterocycles. The van der Waals surface area contributed by atoms with Crippen molar-refractivity contribution in [3.05, 3.63) is 35.4 Å². The topological polar surface area (TPSA) is 52.6 Å². The summed E-state index contributed by atoms with van der Waals surface area (Å²) in [4.78, 5) is 24.3. The molecular formula is C21H32O4. The summed E-state index contributed by atoms with van der Waals surface area (Å²) in [5.41, 5.74) is 0.594. The summed E-state index contributed by atoms with van der Waals surface area (Å²) in [5.74, 6) is -0.727. The standard InChI is InChI=1S/C21H32O4/c1-7-20(4,5)14-15-24-18(22)16-10-12-17(13-11-16)19(23)25-21(6,8-2)9-3/h10-13H,7-9,14-15H2,1-6H3. The number of hydrogen-bond acceptors (Lipinski definition) is 4. The predicted octanol–water partition coefficient (Wildman–Crippen LogP) is 5.41. The van der Waals surface area contributed by atoms with Gasteiger partial charge in [0.1, 0.15) is 5.60 Å². The lowest BCUT2D eigenvalue weighted by Gasteiger charge is -2.26. The second-order valence-electron chi connectivity index (χ2n) is 7.53. The zero-order chi connectivity index (χ0) is 19.1. The average Bonchev–Trinajstić information content (AvgIpc) is 2.61. The van der Waals surface area contributed by atoms with Crippen LogP contribution in [-0.4, -0.2) is 24.1 Å². The van der Waals surface area contributed by atoms with Gasteiger partial charge in [-0.15, -0.1) is 0 Å². The molecule has 0 unspecified atom stereocenters. The number of ether oxygens (including phenoxy) is 2. The molecule has 0 radical (unpaired) electrons. The van der Waals surface area contributed by atoms with Gasteiger partial charge in [0.15, 0.2) is 0 Å². The zero-order valence-electron chi connectivity index (χ0n) is 16.5. The van der Waals surface area contributed by atoms with E-state index in [2.05, 4.69) is 20.8 Å². The lowest BCUT2D eigenvalue weighted by molar-refractivity contribution is -0.0131. The Morgan fingerprint density at radius 2 is 1.32 bits per heavy atom. The van der Waals surface area contributed by atoms with Crippen LogP contribution in [0.2, 0.25) is 0 Å². The summed E-state index contributed by atoms with van der Waals surface area (Å²) in [7, 11) is 0. The van der Waals surface area contributed by atoms with Gasteiger partial charge in [-0.2, -0.15) is 0 Å². The van der Waals surface area contributed by atoms with E-state index in [9.17, 15) is 9.59 Å². The fourth-order valence-corrected chi connectivity index (χ4v) is 2.10. The van der Waals surface area contributed by atoms with Crippen molar-refractivity contribution in [1.82, 2.24) is 0 Å². The minimum atomic E-state index is -0.458. The zero-order valence-corrected chi connectivity index (χ0v) is 16.5. The van der Waals surface area contributed by atoms with E-state index in [1.807, 2.05) is 20.8 Å². The molecule has 1 aromatic carbocycles. The second-order valence-corrected chi connectivity index (χ2v) is 7.53. The van der Waals surface area contributed by atoms with Gasteiger partial charge in [0.05, 0.1) is 17.7 Å². The normalized spacial score (nSPS) is 11.9. The molecule has 1 rings (SSSR count). The quantitative estimate of drug-likeness (QED) is 0.560. The first-order valence-corrected chi connectivity index (χ1v) is 9.17. The van der Waals surface area contributed by atoms with E-state index < -0.39 is 5.60 Å². The van der Waals surface area contributed by atoms with Crippen LogP contribution in [0.5, 0.6) is 0 Å². The molecular weight excluding hydrogens is 316 g/mol. The fourth-order valence-electron chi connectivity index (χ4n) is 2.10. The van der Waals surface area contributed by atoms with Gasteiger partial charge in [-0.25, -0.2) is 9.59 Å². The molecule has 0 aliphatic heterocycles. The Morgan fingerprint density at radius 1 is 0.840 bits per heavy atom. The first-order valence-electron chi connectivity index (χ1n) is 9.17. The van der Waals surface area contributed by atoms with Gasteiger partial charge < -0.3 is 9.47 Å². The maximum absolute atomic E-state index is 12.2. The maximum atomic E-state index is 12.2. The van der Waals surface area contributed by atoms with Gasteiger partial charge in [-0.3, -0.25) is 0 Å². The van der Waals surface area contributed by atoms with Crippen LogP contribution in [0.1, 0.15) is 87.9 Å². The Morgan fingerprint density at radius 3 is 1.76 bits per heavy atom. The van der Waals surface area contributed by atoms with Crippen molar-refractivity contribution < 1.29 is 19.1 Å². The summed E-state index contributed by atoms with van der Waals surface area (Å²) in [6.07, 6.45) is 3.38. The van der Waals surface area contributed by atoms with Crippen LogP contribution < -0.4 is 0 Å². The lowest BCUT2D eigenvalue weighted by Crippen LogP contribution is -2.30. The minimum Gasteiger partial charge on any atom is -0.462 e. The van der Waals surface area contributed by atoms with E-state index in [1.54, 1.807) is 24.3 Å². The first kappa shape index (κ1) is 21.2. The van der Waals surface area contributed by atoms with Crippen molar-refractivity contribution in [1.29, 1.82) is 0 Å². The van der Waals surface area contributed by atoms with Crippen LogP contribution >= 0.6 is 0 Å². The van der Waals surface area contributed by atoms with Gasteiger partial charge >= 0.3 is 11.9 Å². The largest absolute Gasteiger partial charge is 0.462 e. The monoisotopic (exact) mass is 348 g/mol. The van der Waals surface area contributed by atoms with Crippen LogP contribution in [-0.2, 0) is 9.47 Å². The number of hydrogen-bond donors (Lipinski definition) is 0. The number of rotatable bonds is 9. The van der Waals surface area contributed by atoms with Crippen molar-refractivity contribution in [2.75, 3.05) is 6.61 Å². The van der Waals surface area contributed by atoms with Gasteiger partial charge in [0.25, 0.3) is 0 Å². The number of esters is 2.